The van der Waals surface area contributed by atoms with Crippen LogP contribution in [0.5, 0.6) is 0 Å². The molecule has 65 heavy (non-hydrogen) atoms. The number of nitrogens with one attached hydrogen (secondary N) is 2. The Labute approximate surface area is 377 Å². The van der Waals surface area contributed by atoms with Crippen LogP contribution < -0.4 is 16.4 Å². The van der Waals surface area contributed by atoms with Crippen molar-refractivity contribution in [1.29, 1.82) is 0 Å². The van der Waals surface area contributed by atoms with Gasteiger partial charge < -0.3 is 30.5 Å². The molecule has 0 bridgehead atoms. The number of carbonyl (C=O) groups excluding carboxylic acids is 4. The average Bonchev–Trinajstić information content (AvgIpc) is 3.94. The maximum absolute atomic E-state index is 14.6. The molecule has 1 saturated carbocycles. The number of carboxylic acid groups (broad SMARTS) is 1. The fourth-order valence-electron chi connectivity index (χ4n) is 8.10. The average molecular weight is 896 g/mol. The first-order chi connectivity index (χ1) is 31.4. The summed E-state index contributed by atoms with van der Waals surface area (Å²) in [5.41, 5.74) is 8.48. The van der Waals surface area contributed by atoms with E-state index < -0.39 is 54.2 Å². The molecule has 15 nitrogen and oxygen atoms in total. The maximum Gasteiger partial charge on any atom is 0.409 e. The van der Waals surface area contributed by atoms with E-state index in [4.69, 9.17) is 22.3 Å². The lowest BCUT2D eigenvalue weighted by atomic mass is 9.77. The van der Waals surface area contributed by atoms with Crippen LogP contribution in [0.2, 0.25) is 5.02 Å². The second-order valence-electron chi connectivity index (χ2n) is 15.6. The third kappa shape index (κ3) is 9.43. The van der Waals surface area contributed by atoms with Crippen molar-refractivity contribution < 1.29 is 33.5 Å². The number of anilines is 1. The molecule has 0 saturated heterocycles. The maximum atomic E-state index is 14.6. The smallest absolute Gasteiger partial charge is 0.409 e. The van der Waals surface area contributed by atoms with E-state index in [9.17, 15) is 33.5 Å². The molecule has 2 heterocycles. The summed E-state index contributed by atoms with van der Waals surface area (Å²) >= 11 is 5.94. The zero-order valence-electron chi connectivity index (χ0n) is 34.8. The van der Waals surface area contributed by atoms with Crippen LogP contribution in [0.1, 0.15) is 51.3 Å². The van der Waals surface area contributed by atoms with Gasteiger partial charge in [0.05, 0.1) is 35.7 Å². The zero-order chi connectivity index (χ0) is 45.7. The summed E-state index contributed by atoms with van der Waals surface area (Å²) in [6.07, 6.45) is 3.50. The molecule has 5 aromatic carbocycles. The number of benzene rings is 5. The van der Waals surface area contributed by atoms with Gasteiger partial charge in [-0.25, -0.2) is 14.2 Å². The largest absolute Gasteiger partial charge is 0.465 e. The van der Waals surface area contributed by atoms with Crippen molar-refractivity contribution >= 4 is 57.9 Å². The molecule has 7 aromatic rings. The number of primary amides is 1. The van der Waals surface area contributed by atoms with Crippen LogP contribution in [-0.2, 0) is 39.6 Å². The SMILES string of the molecule is NC(=O)c1nn(CC(=O)N(CC(=O)N(CC(=O)NCc2cccc(Cl)c2F)C2CC2)Cc2cn(C(c3ccccc3)(c3ccccc3)c3ccccc3)cn2)c2ccc(NC(=O)O)cc12. The van der Waals surface area contributed by atoms with Crippen LogP contribution >= 0.6 is 11.6 Å². The van der Waals surface area contributed by atoms with Crippen molar-refractivity contribution in [3.8, 4) is 0 Å². The molecule has 0 radical (unpaired) electrons. The van der Waals surface area contributed by atoms with E-state index in [1.165, 1.54) is 44.8 Å². The molecule has 2 aromatic heterocycles. The van der Waals surface area contributed by atoms with Crippen molar-refractivity contribution in [2.75, 3.05) is 18.4 Å². The minimum absolute atomic E-state index is 0.0825. The third-order valence-corrected chi connectivity index (χ3v) is 11.6. The predicted molar refractivity (Wildman–Crippen MR) is 240 cm³/mol. The second-order valence-corrected chi connectivity index (χ2v) is 16.0. The van der Waals surface area contributed by atoms with Gasteiger partial charge in [0, 0.05) is 35.4 Å². The van der Waals surface area contributed by atoms with E-state index >= 15 is 0 Å². The molecule has 330 valence electrons. The number of nitrogens with zero attached hydrogens (tertiary/aromatic N) is 6. The molecule has 0 spiro atoms. The van der Waals surface area contributed by atoms with Gasteiger partial charge in [-0.1, -0.05) is 115 Å². The number of halogens is 2. The molecule has 0 aliphatic heterocycles. The number of rotatable bonds is 17. The highest BCUT2D eigenvalue weighted by Crippen LogP contribution is 2.41. The Bertz CT molecular complexity index is 2790. The molecule has 17 heteroatoms. The molecule has 8 rings (SSSR count). The minimum atomic E-state index is -1.32. The summed E-state index contributed by atoms with van der Waals surface area (Å²) in [5, 5.41) is 18.7. The Balaban J connectivity index is 1.13. The van der Waals surface area contributed by atoms with E-state index in [2.05, 4.69) is 15.7 Å². The monoisotopic (exact) mass is 895 g/mol. The van der Waals surface area contributed by atoms with Gasteiger partial charge in [0.25, 0.3) is 5.91 Å². The number of amides is 5. The molecular formula is C48H43ClFN9O6. The first-order valence-electron chi connectivity index (χ1n) is 20.7. The van der Waals surface area contributed by atoms with Crippen LogP contribution in [0.25, 0.3) is 10.9 Å². The highest BCUT2D eigenvalue weighted by atomic mass is 35.5. The van der Waals surface area contributed by atoms with Gasteiger partial charge in [-0.15, -0.1) is 0 Å². The predicted octanol–water partition coefficient (Wildman–Crippen LogP) is 6.39. The van der Waals surface area contributed by atoms with Gasteiger partial charge in [-0.3, -0.25) is 29.2 Å². The summed E-state index contributed by atoms with van der Waals surface area (Å²) in [4.78, 5) is 73.7. The number of nitrogens with two attached hydrogens (primary N) is 1. The fourth-order valence-corrected chi connectivity index (χ4v) is 8.30. The van der Waals surface area contributed by atoms with Crippen LogP contribution in [0.4, 0.5) is 14.9 Å². The minimum Gasteiger partial charge on any atom is -0.465 e. The summed E-state index contributed by atoms with van der Waals surface area (Å²) in [5.74, 6) is -3.18. The molecule has 1 aliphatic rings. The topological polar surface area (TPSA) is 198 Å². The van der Waals surface area contributed by atoms with Gasteiger partial charge >= 0.3 is 6.09 Å². The summed E-state index contributed by atoms with van der Waals surface area (Å²) < 4.78 is 17.9. The molecule has 0 unspecified atom stereocenters. The Hall–Kier alpha value is -7.85. The lowest BCUT2D eigenvalue weighted by Gasteiger charge is -2.37. The fraction of sp³-hybridized carbons (Fsp3) is 0.188. The Kier molecular flexibility index (Phi) is 12.7. The lowest BCUT2D eigenvalue weighted by molar-refractivity contribution is -0.143. The van der Waals surface area contributed by atoms with E-state index in [1.54, 1.807) is 12.4 Å². The van der Waals surface area contributed by atoms with Crippen molar-refractivity contribution in [3.05, 3.63) is 184 Å². The van der Waals surface area contributed by atoms with Gasteiger partial charge in [-0.05, 0) is 53.8 Å². The van der Waals surface area contributed by atoms with E-state index in [0.717, 1.165) is 16.7 Å². The summed E-state index contributed by atoms with van der Waals surface area (Å²) in [6, 6.07) is 38.4. The highest BCUT2D eigenvalue weighted by Gasteiger charge is 2.39. The van der Waals surface area contributed by atoms with E-state index in [0.29, 0.717) is 24.1 Å². The van der Waals surface area contributed by atoms with Crippen molar-refractivity contribution in [2.45, 2.75) is 44.1 Å². The van der Waals surface area contributed by atoms with Gasteiger partial charge in [-0.2, -0.15) is 5.10 Å². The number of carbonyl (C=O) groups is 5. The summed E-state index contributed by atoms with van der Waals surface area (Å²) in [7, 11) is 0. The number of hydrogen-bond donors (Lipinski definition) is 4. The first kappa shape index (κ1) is 43.8. The van der Waals surface area contributed by atoms with Crippen LogP contribution in [-0.4, -0.2) is 83.1 Å². The van der Waals surface area contributed by atoms with Crippen LogP contribution in [0.3, 0.4) is 0 Å². The van der Waals surface area contributed by atoms with E-state index in [1.807, 2.05) is 102 Å². The molecule has 1 fully saturated rings. The Morgan fingerprint density at radius 3 is 2.05 bits per heavy atom. The van der Waals surface area contributed by atoms with Gasteiger partial charge in [0.1, 0.15) is 24.4 Å². The van der Waals surface area contributed by atoms with E-state index in [-0.39, 0.29) is 53.0 Å². The second kappa shape index (κ2) is 18.9. The van der Waals surface area contributed by atoms with Crippen LogP contribution in [0.15, 0.2) is 140 Å². The van der Waals surface area contributed by atoms with Crippen molar-refractivity contribution in [2.24, 2.45) is 5.73 Å². The Morgan fingerprint density at radius 1 is 0.831 bits per heavy atom. The highest BCUT2D eigenvalue weighted by molar-refractivity contribution is 6.30. The normalized spacial score (nSPS) is 12.4. The number of imidazole rings is 1. The van der Waals surface area contributed by atoms with Crippen molar-refractivity contribution in [1.82, 2.24) is 34.4 Å². The third-order valence-electron chi connectivity index (χ3n) is 11.3. The molecule has 0 atom stereocenters. The number of aromatic nitrogens is 4. The van der Waals surface area contributed by atoms with Gasteiger partial charge in [0.15, 0.2) is 5.69 Å². The molecule has 1 aliphatic carbocycles. The number of fused-ring (bicyclic) bond motifs is 1. The zero-order valence-corrected chi connectivity index (χ0v) is 35.6. The molecule has 5 amide bonds. The van der Waals surface area contributed by atoms with Crippen molar-refractivity contribution in [3.63, 3.8) is 0 Å². The standard InChI is InChI=1S/C48H43ClFN9O6/c49-39-18-10-11-31(44(39)50)24-52-41(60)27-58(37-20-21-37)43(62)28-56(42(61)29-59-40-22-19-35(54-47(64)65)23-38(40)45(55-59)46(51)63)25-36-26-57(30-53-36)48(32-12-4-1-5-13-32,33-14-6-2-7-15-33)34-16-8-3-9-17-34/h1-19,22-23,26,30,37,54H,20-21,24-25,27-29H2,(H2,51,63)(H,52,60)(H,64,65). The number of hydrogen-bond acceptors (Lipinski definition) is 7. The summed E-state index contributed by atoms with van der Waals surface area (Å²) in [6.45, 7) is -1.57. The molecule has 5 N–H and O–H groups in total. The quantitative estimate of drug-likeness (QED) is 0.0755. The Morgan fingerprint density at radius 2 is 1.46 bits per heavy atom. The van der Waals surface area contributed by atoms with Gasteiger partial charge in [0.2, 0.25) is 17.7 Å². The lowest BCUT2D eigenvalue weighted by Crippen LogP contribution is -2.47. The first-order valence-corrected chi connectivity index (χ1v) is 21.1. The van der Waals surface area contributed by atoms with Crippen LogP contribution in [0, 0.1) is 5.82 Å². The molecular weight excluding hydrogens is 853 g/mol.